The summed E-state index contributed by atoms with van der Waals surface area (Å²) in [7, 11) is 5.03. The van der Waals surface area contributed by atoms with Crippen LogP contribution in [-0.4, -0.2) is 51.8 Å². The number of hydrogen-bond acceptors (Lipinski definition) is 8. The molecule has 1 atom stereocenters. The largest absolute Gasteiger partial charge is 0.493 e. The summed E-state index contributed by atoms with van der Waals surface area (Å²) in [6.45, 7) is -0.662. The standard InChI is InChI=1S/C15H19NO8/c1-21-11-6-5-9(7-12(11)22-2)10(8-16(19)20)13(14(17)23-3)15(18)24-4/h5-7,10,13H,8H2,1-4H3/t10-/m0/s1. The van der Waals surface area contributed by atoms with Crippen molar-refractivity contribution in [3.8, 4) is 11.5 Å². The van der Waals surface area contributed by atoms with E-state index < -0.39 is 35.2 Å². The highest BCUT2D eigenvalue weighted by Gasteiger charge is 2.41. The third-order valence-electron chi connectivity index (χ3n) is 3.49. The molecule has 0 radical (unpaired) electrons. The molecular weight excluding hydrogens is 322 g/mol. The second-order valence-corrected chi connectivity index (χ2v) is 4.76. The van der Waals surface area contributed by atoms with Gasteiger partial charge < -0.3 is 18.9 Å². The Bertz CT molecular complexity index is 599. The molecule has 0 saturated carbocycles. The minimum atomic E-state index is -1.47. The Kier molecular flexibility index (Phi) is 6.97. The number of esters is 2. The number of rotatable bonds is 8. The van der Waals surface area contributed by atoms with Crippen molar-refractivity contribution in [3.63, 3.8) is 0 Å². The minimum Gasteiger partial charge on any atom is -0.493 e. The third kappa shape index (κ3) is 4.34. The van der Waals surface area contributed by atoms with Gasteiger partial charge in [0.25, 0.3) is 0 Å². The molecule has 0 saturated heterocycles. The van der Waals surface area contributed by atoms with Crippen LogP contribution < -0.4 is 9.47 Å². The summed E-state index contributed by atoms with van der Waals surface area (Å²) in [6.07, 6.45) is 0. The van der Waals surface area contributed by atoms with E-state index >= 15 is 0 Å². The van der Waals surface area contributed by atoms with Crippen molar-refractivity contribution in [1.29, 1.82) is 0 Å². The fourth-order valence-electron chi connectivity index (χ4n) is 2.33. The molecule has 0 amide bonds. The molecule has 1 rings (SSSR count). The van der Waals surface area contributed by atoms with E-state index in [2.05, 4.69) is 9.47 Å². The van der Waals surface area contributed by atoms with E-state index in [4.69, 9.17) is 9.47 Å². The fraction of sp³-hybridized carbons (Fsp3) is 0.467. The van der Waals surface area contributed by atoms with Gasteiger partial charge in [-0.1, -0.05) is 6.07 Å². The van der Waals surface area contributed by atoms with Crippen LogP contribution in [0.1, 0.15) is 11.5 Å². The van der Waals surface area contributed by atoms with Crippen LogP contribution in [0.25, 0.3) is 0 Å². The van der Waals surface area contributed by atoms with Crippen LogP contribution in [0.4, 0.5) is 0 Å². The second kappa shape index (κ2) is 8.70. The summed E-state index contributed by atoms with van der Waals surface area (Å²) in [4.78, 5) is 34.4. The van der Waals surface area contributed by atoms with Crippen LogP contribution in [0.2, 0.25) is 0 Å². The molecule has 0 unspecified atom stereocenters. The quantitative estimate of drug-likeness (QED) is 0.298. The molecule has 0 spiro atoms. The lowest BCUT2D eigenvalue weighted by Gasteiger charge is -2.21. The smallest absolute Gasteiger partial charge is 0.320 e. The summed E-state index contributed by atoms with van der Waals surface area (Å²) < 4.78 is 19.5. The zero-order valence-corrected chi connectivity index (χ0v) is 13.8. The van der Waals surface area contributed by atoms with Gasteiger partial charge in [0, 0.05) is 4.92 Å². The van der Waals surface area contributed by atoms with Crippen LogP contribution in [0.15, 0.2) is 18.2 Å². The molecule has 0 aromatic heterocycles. The lowest BCUT2D eigenvalue weighted by Crippen LogP contribution is -2.35. The molecule has 24 heavy (non-hydrogen) atoms. The first-order valence-electron chi connectivity index (χ1n) is 6.88. The van der Waals surface area contributed by atoms with Crippen molar-refractivity contribution < 1.29 is 33.5 Å². The molecule has 0 heterocycles. The van der Waals surface area contributed by atoms with Crippen LogP contribution in [-0.2, 0) is 19.1 Å². The molecule has 0 aliphatic carbocycles. The highest BCUT2D eigenvalue weighted by atomic mass is 16.6. The second-order valence-electron chi connectivity index (χ2n) is 4.76. The van der Waals surface area contributed by atoms with Gasteiger partial charge in [0.2, 0.25) is 6.54 Å². The fourth-order valence-corrected chi connectivity index (χ4v) is 2.33. The molecular formula is C15H19NO8. The minimum absolute atomic E-state index is 0.317. The highest BCUT2D eigenvalue weighted by Crippen LogP contribution is 2.34. The van der Waals surface area contributed by atoms with E-state index in [-0.39, 0.29) is 0 Å². The number of nitro groups is 1. The van der Waals surface area contributed by atoms with E-state index in [0.29, 0.717) is 17.1 Å². The SMILES string of the molecule is COC(=O)C(C(=O)OC)[C@@H](C[N+](=O)[O-])c1ccc(OC)c(OC)c1. The van der Waals surface area contributed by atoms with Crippen molar-refractivity contribution >= 4 is 11.9 Å². The first-order chi connectivity index (χ1) is 11.4. The molecule has 132 valence electrons. The Morgan fingerprint density at radius 3 is 2.00 bits per heavy atom. The average molecular weight is 341 g/mol. The zero-order valence-electron chi connectivity index (χ0n) is 13.8. The van der Waals surface area contributed by atoms with Crippen LogP contribution in [0.5, 0.6) is 11.5 Å². The number of methoxy groups -OCH3 is 4. The van der Waals surface area contributed by atoms with Crippen LogP contribution in [0, 0.1) is 16.0 Å². The lowest BCUT2D eigenvalue weighted by molar-refractivity contribution is -0.484. The third-order valence-corrected chi connectivity index (χ3v) is 3.49. The van der Waals surface area contributed by atoms with Gasteiger partial charge in [-0.2, -0.15) is 0 Å². The average Bonchev–Trinajstić information content (AvgIpc) is 2.59. The Morgan fingerprint density at radius 2 is 1.58 bits per heavy atom. The first-order valence-corrected chi connectivity index (χ1v) is 6.88. The van der Waals surface area contributed by atoms with Gasteiger partial charge in [-0.3, -0.25) is 19.7 Å². The van der Waals surface area contributed by atoms with E-state index in [1.54, 1.807) is 0 Å². The van der Waals surface area contributed by atoms with Crippen molar-refractivity contribution in [2.45, 2.75) is 5.92 Å². The predicted molar refractivity (Wildman–Crippen MR) is 81.7 cm³/mol. The molecule has 1 aromatic rings. The van der Waals surface area contributed by atoms with Crippen molar-refractivity contribution in [3.05, 3.63) is 33.9 Å². The normalized spacial score (nSPS) is 11.5. The van der Waals surface area contributed by atoms with Gasteiger partial charge in [-0.25, -0.2) is 0 Å². The molecule has 0 N–H and O–H groups in total. The summed E-state index contributed by atoms with van der Waals surface area (Å²) in [6, 6.07) is 4.53. The van der Waals surface area contributed by atoms with Gasteiger partial charge >= 0.3 is 11.9 Å². The van der Waals surface area contributed by atoms with Gasteiger partial charge in [-0.05, 0) is 17.7 Å². The van der Waals surface area contributed by atoms with Crippen molar-refractivity contribution in [2.75, 3.05) is 35.0 Å². The molecule has 0 aliphatic rings. The summed E-state index contributed by atoms with van der Waals surface area (Å²) in [5.41, 5.74) is 0.352. The molecule has 0 aliphatic heterocycles. The number of ether oxygens (including phenoxy) is 4. The van der Waals surface area contributed by atoms with Gasteiger partial charge in [0.15, 0.2) is 17.4 Å². The van der Waals surface area contributed by atoms with Gasteiger partial charge in [0.1, 0.15) is 0 Å². The molecule has 9 heteroatoms. The highest BCUT2D eigenvalue weighted by molar-refractivity contribution is 5.96. The number of benzene rings is 1. The molecule has 0 fully saturated rings. The van der Waals surface area contributed by atoms with Crippen molar-refractivity contribution in [2.24, 2.45) is 5.92 Å². The topological polar surface area (TPSA) is 114 Å². The van der Waals surface area contributed by atoms with Crippen molar-refractivity contribution in [1.82, 2.24) is 0 Å². The maximum atomic E-state index is 12.0. The van der Waals surface area contributed by atoms with Crippen LogP contribution >= 0.6 is 0 Å². The summed E-state index contributed by atoms with van der Waals surface area (Å²) in [5.74, 6) is -3.65. The van der Waals surface area contributed by atoms with Gasteiger partial charge in [0.05, 0.1) is 34.4 Å². The van der Waals surface area contributed by atoms with Crippen LogP contribution in [0.3, 0.4) is 0 Å². The zero-order chi connectivity index (χ0) is 18.3. The molecule has 9 nitrogen and oxygen atoms in total. The number of carbonyl (C=O) groups is 2. The van der Waals surface area contributed by atoms with E-state index in [1.165, 1.54) is 32.4 Å². The maximum absolute atomic E-state index is 12.0. The maximum Gasteiger partial charge on any atom is 0.320 e. The number of nitrogens with zero attached hydrogens (tertiary/aromatic N) is 1. The predicted octanol–water partition coefficient (Wildman–Crippen LogP) is 1.03. The van der Waals surface area contributed by atoms with E-state index in [9.17, 15) is 19.7 Å². The van der Waals surface area contributed by atoms with E-state index in [0.717, 1.165) is 14.2 Å². The van der Waals surface area contributed by atoms with Gasteiger partial charge in [-0.15, -0.1) is 0 Å². The number of carbonyl (C=O) groups excluding carboxylic acids is 2. The Labute approximate surface area is 138 Å². The Hall–Kier alpha value is -2.84. The lowest BCUT2D eigenvalue weighted by atomic mass is 9.85. The van der Waals surface area contributed by atoms with E-state index in [1.807, 2.05) is 0 Å². The first kappa shape index (κ1) is 19.2. The Morgan fingerprint density at radius 1 is 1.04 bits per heavy atom. The summed E-state index contributed by atoms with van der Waals surface area (Å²) >= 11 is 0. The molecule has 0 bridgehead atoms. The Balaban J connectivity index is 3.41. The summed E-state index contributed by atoms with van der Waals surface area (Å²) in [5, 5.41) is 11.0. The number of hydrogen-bond donors (Lipinski definition) is 0. The molecule has 1 aromatic carbocycles. The monoisotopic (exact) mass is 341 g/mol.